The van der Waals surface area contributed by atoms with E-state index in [2.05, 4.69) is 25.6 Å². The van der Waals surface area contributed by atoms with Gasteiger partial charge < -0.3 is 18.5 Å². The summed E-state index contributed by atoms with van der Waals surface area (Å²) in [6.45, 7) is 2.03. The lowest BCUT2D eigenvalue weighted by molar-refractivity contribution is -0.118. The van der Waals surface area contributed by atoms with E-state index in [9.17, 15) is 4.79 Å². The number of benzene rings is 1. The maximum absolute atomic E-state index is 12.0. The Morgan fingerprint density at radius 2 is 2.03 bits per heavy atom. The Hall–Kier alpha value is -2.69. The number of carbonyl (C=O) groups is 1. The highest BCUT2D eigenvalue weighted by Gasteiger charge is 2.14. The van der Waals surface area contributed by atoms with Crippen LogP contribution in [0.3, 0.4) is 0 Å². The molecule has 0 bridgehead atoms. The van der Waals surface area contributed by atoms with Crippen LogP contribution in [-0.2, 0) is 11.4 Å². The molecule has 1 aliphatic rings. The number of hydrogen-bond acceptors (Lipinski definition) is 9. The van der Waals surface area contributed by atoms with Crippen LogP contribution < -0.4 is 15.1 Å². The predicted molar refractivity (Wildman–Crippen MR) is 126 cm³/mol. The van der Waals surface area contributed by atoms with Gasteiger partial charge in [0.1, 0.15) is 11.5 Å². The first-order valence-electron chi connectivity index (χ1n) is 10.3. The molecule has 0 spiro atoms. The van der Waals surface area contributed by atoms with Crippen LogP contribution in [0, 0.1) is 0 Å². The summed E-state index contributed by atoms with van der Waals surface area (Å²) in [4.78, 5) is 14.2. The van der Waals surface area contributed by atoms with Gasteiger partial charge in [-0.1, -0.05) is 35.0 Å². The van der Waals surface area contributed by atoms with E-state index in [4.69, 9.17) is 36.8 Å². The monoisotopic (exact) mass is 509 g/mol. The second-order valence-electron chi connectivity index (χ2n) is 7.13. The molecule has 3 aromatic rings. The van der Waals surface area contributed by atoms with Crippen molar-refractivity contribution in [3.8, 4) is 5.75 Å². The summed E-state index contributed by atoms with van der Waals surface area (Å²) in [6.07, 6.45) is 5.07. The average Bonchev–Trinajstić information content (AvgIpc) is 3.47. The molecule has 3 heterocycles. The molecule has 9 nitrogen and oxygen atoms in total. The zero-order chi connectivity index (χ0) is 23.0. The number of rotatable bonds is 9. The fourth-order valence-corrected chi connectivity index (χ4v) is 4.15. The SMILES string of the molecule is O=C(CSc1nnc(COc2ccc(Cl)cc2Cl)o1)N/N=C\c1ccc(N2CCCCC2)o1. The number of halogens is 2. The van der Waals surface area contributed by atoms with Crippen molar-refractivity contribution in [2.75, 3.05) is 23.7 Å². The van der Waals surface area contributed by atoms with Crippen molar-refractivity contribution in [2.24, 2.45) is 5.10 Å². The topological polar surface area (TPSA) is 106 Å². The number of nitrogens with one attached hydrogen (secondary N) is 1. The molecule has 0 saturated carbocycles. The van der Waals surface area contributed by atoms with E-state index in [1.165, 1.54) is 25.5 Å². The second-order valence-corrected chi connectivity index (χ2v) is 8.90. The quantitative estimate of drug-likeness (QED) is 0.249. The minimum absolute atomic E-state index is 0.0357. The highest BCUT2D eigenvalue weighted by Crippen LogP contribution is 2.28. The molecule has 1 aromatic carbocycles. The predicted octanol–water partition coefficient (Wildman–Crippen LogP) is 4.78. The van der Waals surface area contributed by atoms with Crippen molar-refractivity contribution in [1.29, 1.82) is 0 Å². The summed E-state index contributed by atoms with van der Waals surface area (Å²) in [7, 11) is 0. The largest absolute Gasteiger partial charge is 0.482 e. The van der Waals surface area contributed by atoms with Crippen LogP contribution in [0.1, 0.15) is 30.9 Å². The Morgan fingerprint density at radius 1 is 1.18 bits per heavy atom. The highest BCUT2D eigenvalue weighted by molar-refractivity contribution is 7.99. The van der Waals surface area contributed by atoms with Gasteiger partial charge in [-0.3, -0.25) is 4.79 Å². The van der Waals surface area contributed by atoms with Crippen LogP contribution in [-0.4, -0.2) is 41.2 Å². The van der Waals surface area contributed by atoms with Gasteiger partial charge in [-0.15, -0.1) is 10.2 Å². The van der Waals surface area contributed by atoms with Gasteiger partial charge in [0, 0.05) is 24.2 Å². The molecule has 0 radical (unpaired) electrons. The van der Waals surface area contributed by atoms with E-state index in [0.717, 1.165) is 30.7 Å². The van der Waals surface area contributed by atoms with Crippen molar-refractivity contribution >= 4 is 53.0 Å². The van der Waals surface area contributed by atoms with Gasteiger partial charge in [0.15, 0.2) is 12.5 Å². The standard InChI is InChI=1S/C21H21Cl2N5O4S/c22-14-4-6-17(16(23)10-14)30-12-19-26-27-21(32-19)33-13-18(29)25-24-11-15-5-7-20(31-15)28-8-2-1-3-9-28/h4-7,10-11H,1-3,8-9,12-13H2,(H,25,29)/b24-11-. The number of piperidine rings is 1. The molecule has 2 aromatic heterocycles. The lowest BCUT2D eigenvalue weighted by Crippen LogP contribution is -2.28. The van der Waals surface area contributed by atoms with E-state index in [0.29, 0.717) is 21.6 Å². The van der Waals surface area contributed by atoms with E-state index >= 15 is 0 Å². The maximum atomic E-state index is 12.0. The van der Waals surface area contributed by atoms with Gasteiger partial charge in [-0.05, 0) is 43.5 Å². The third-order valence-electron chi connectivity index (χ3n) is 4.68. The van der Waals surface area contributed by atoms with Crippen LogP contribution in [0.2, 0.25) is 10.0 Å². The number of furan rings is 1. The molecule has 0 aliphatic carbocycles. The number of amides is 1. The van der Waals surface area contributed by atoms with Gasteiger partial charge in [0.25, 0.3) is 17.0 Å². The number of anilines is 1. The Balaban J connectivity index is 1.18. The van der Waals surface area contributed by atoms with Crippen LogP contribution in [0.15, 0.2) is 49.5 Å². The first-order chi connectivity index (χ1) is 16.1. The number of carbonyl (C=O) groups excluding carboxylic acids is 1. The molecule has 0 atom stereocenters. The lowest BCUT2D eigenvalue weighted by atomic mass is 10.1. The van der Waals surface area contributed by atoms with Gasteiger partial charge in [0.05, 0.1) is 17.0 Å². The zero-order valence-electron chi connectivity index (χ0n) is 17.5. The number of ether oxygens (including phenoxy) is 1. The van der Waals surface area contributed by atoms with E-state index in [1.54, 1.807) is 18.2 Å². The molecule has 1 saturated heterocycles. The fraction of sp³-hybridized carbons (Fsp3) is 0.333. The molecule has 0 unspecified atom stereocenters. The molecular formula is C21H21Cl2N5O4S. The van der Waals surface area contributed by atoms with E-state index in [1.807, 2.05) is 12.1 Å². The van der Waals surface area contributed by atoms with Gasteiger partial charge >= 0.3 is 0 Å². The van der Waals surface area contributed by atoms with E-state index in [-0.39, 0.29) is 29.4 Å². The van der Waals surface area contributed by atoms with Crippen LogP contribution >= 0.6 is 35.0 Å². The van der Waals surface area contributed by atoms with Crippen molar-refractivity contribution in [2.45, 2.75) is 31.1 Å². The maximum Gasteiger partial charge on any atom is 0.277 e. The van der Waals surface area contributed by atoms with Crippen molar-refractivity contribution < 1.29 is 18.4 Å². The summed E-state index contributed by atoms with van der Waals surface area (Å²) >= 11 is 13.0. The van der Waals surface area contributed by atoms with Crippen LogP contribution in [0.25, 0.3) is 0 Å². The normalized spacial score (nSPS) is 14.1. The summed E-state index contributed by atoms with van der Waals surface area (Å²) in [5.74, 6) is 1.84. The molecule has 33 heavy (non-hydrogen) atoms. The first kappa shape index (κ1) is 23.5. The minimum Gasteiger partial charge on any atom is -0.482 e. The summed E-state index contributed by atoms with van der Waals surface area (Å²) < 4.78 is 16.8. The van der Waals surface area contributed by atoms with Gasteiger partial charge in [-0.2, -0.15) is 5.10 Å². The summed E-state index contributed by atoms with van der Waals surface area (Å²) in [5.41, 5.74) is 2.45. The molecule has 12 heteroatoms. The zero-order valence-corrected chi connectivity index (χ0v) is 19.8. The Morgan fingerprint density at radius 3 is 2.85 bits per heavy atom. The fourth-order valence-electron chi connectivity index (χ4n) is 3.11. The van der Waals surface area contributed by atoms with Gasteiger partial charge in [-0.25, -0.2) is 5.43 Å². The smallest absolute Gasteiger partial charge is 0.277 e. The van der Waals surface area contributed by atoms with Crippen molar-refractivity contribution in [1.82, 2.24) is 15.6 Å². The third kappa shape index (κ3) is 6.89. The van der Waals surface area contributed by atoms with Crippen LogP contribution in [0.5, 0.6) is 5.75 Å². The van der Waals surface area contributed by atoms with E-state index < -0.39 is 0 Å². The number of aromatic nitrogens is 2. The Kier molecular flexibility index (Phi) is 8.14. The molecule has 1 amide bonds. The van der Waals surface area contributed by atoms with Crippen molar-refractivity contribution in [3.63, 3.8) is 0 Å². The number of hydrogen-bond donors (Lipinski definition) is 1. The molecule has 1 aliphatic heterocycles. The first-order valence-corrected chi connectivity index (χ1v) is 12.0. The minimum atomic E-state index is -0.317. The molecule has 4 rings (SSSR count). The number of thioether (sulfide) groups is 1. The number of hydrazone groups is 1. The number of nitrogens with zero attached hydrogens (tertiary/aromatic N) is 4. The summed E-state index contributed by atoms with van der Waals surface area (Å²) in [5, 5.41) is 12.8. The summed E-state index contributed by atoms with van der Waals surface area (Å²) in [6, 6.07) is 8.64. The van der Waals surface area contributed by atoms with Gasteiger partial charge in [0.2, 0.25) is 0 Å². The van der Waals surface area contributed by atoms with Crippen molar-refractivity contribution in [3.05, 3.63) is 52.0 Å². The molecule has 174 valence electrons. The second kappa shape index (κ2) is 11.4. The van der Waals surface area contributed by atoms with Crippen LogP contribution in [0.4, 0.5) is 5.88 Å². The molecule has 1 fully saturated rings. The Bertz CT molecular complexity index is 1110. The average molecular weight is 510 g/mol. The molecule has 1 N–H and O–H groups in total. The highest BCUT2D eigenvalue weighted by atomic mass is 35.5. The Labute approximate surface area is 204 Å². The lowest BCUT2D eigenvalue weighted by Gasteiger charge is -2.25. The third-order valence-corrected chi connectivity index (χ3v) is 6.03. The molecular weight excluding hydrogens is 489 g/mol.